The second-order valence-corrected chi connectivity index (χ2v) is 5.17. The second-order valence-electron chi connectivity index (χ2n) is 5.17. The molecule has 0 saturated carbocycles. The van der Waals surface area contributed by atoms with E-state index in [4.69, 9.17) is 4.74 Å². The maximum Gasteiger partial charge on any atom is 0.267 e. The largest absolute Gasteiger partial charge is 0.476 e. The van der Waals surface area contributed by atoms with Crippen LogP contribution in [0.5, 0.6) is 5.75 Å². The predicted octanol–water partition coefficient (Wildman–Crippen LogP) is 0.979. The molecule has 1 aromatic rings. The quantitative estimate of drug-likeness (QED) is 0.832. The molecule has 5 nitrogen and oxygen atoms in total. The van der Waals surface area contributed by atoms with E-state index in [1.807, 2.05) is 6.07 Å². The number of ether oxygens (including phenoxy) is 1. The number of piperazine rings is 1. The van der Waals surface area contributed by atoms with Crippen molar-refractivity contribution in [2.24, 2.45) is 0 Å². The van der Waals surface area contributed by atoms with E-state index >= 15 is 0 Å². The molecule has 6 heteroatoms. The number of likely N-dealkylation sites (N-methyl/N-ethyl adjacent to an activating group) is 1. The van der Waals surface area contributed by atoms with Gasteiger partial charge in [0.15, 0.2) is 17.7 Å². The van der Waals surface area contributed by atoms with Crippen LogP contribution in [0.3, 0.4) is 0 Å². The van der Waals surface area contributed by atoms with Gasteiger partial charge in [0.05, 0.1) is 5.69 Å². The number of fused-ring (bicyclic) bond motifs is 1. The normalized spacial score (nSPS) is 22.6. The van der Waals surface area contributed by atoms with Crippen molar-refractivity contribution in [1.82, 2.24) is 5.32 Å². The molecular formula is C14H18FN3O2. The monoisotopic (exact) mass is 279 g/mol. The Morgan fingerprint density at radius 2 is 2.05 bits per heavy atom. The Labute approximate surface area is 117 Å². The van der Waals surface area contributed by atoms with E-state index in [-0.39, 0.29) is 11.7 Å². The number of carbonyl (C=O) groups excluding carboxylic acids is 1. The molecule has 0 aromatic heterocycles. The Bertz CT molecular complexity index is 543. The molecule has 3 rings (SSSR count). The number of anilines is 2. The van der Waals surface area contributed by atoms with Crippen molar-refractivity contribution in [1.29, 1.82) is 0 Å². The van der Waals surface area contributed by atoms with Gasteiger partial charge in [-0.15, -0.1) is 0 Å². The van der Waals surface area contributed by atoms with Crippen LogP contribution in [0.2, 0.25) is 0 Å². The van der Waals surface area contributed by atoms with E-state index in [0.717, 1.165) is 31.9 Å². The van der Waals surface area contributed by atoms with Crippen LogP contribution in [0.1, 0.15) is 6.92 Å². The van der Waals surface area contributed by atoms with E-state index in [2.05, 4.69) is 10.2 Å². The van der Waals surface area contributed by atoms with Gasteiger partial charge in [0, 0.05) is 45.0 Å². The summed E-state index contributed by atoms with van der Waals surface area (Å²) in [6, 6.07) is 3.31. The summed E-state index contributed by atoms with van der Waals surface area (Å²) >= 11 is 0. The zero-order chi connectivity index (χ0) is 14.3. The highest BCUT2D eigenvalue weighted by Crippen LogP contribution is 2.39. The van der Waals surface area contributed by atoms with Crippen LogP contribution in [0.25, 0.3) is 0 Å². The van der Waals surface area contributed by atoms with Gasteiger partial charge >= 0.3 is 0 Å². The molecule has 1 saturated heterocycles. The first-order chi connectivity index (χ1) is 9.58. The molecule has 1 N–H and O–H groups in total. The summed E-state index contributed by atoms with van der Waals surface area (Å²) in [6.45, 7) is 5.04. The molecule has 20 heavy (non-hydrogen) atoms. The molecule has 108 valence electrons. The number of nitrogens with zero attached hydrogens (tertiary/aromatic N) is 2. The second kappa shape index (κ2) is 4.94. The molecule has 1 amide bonds. The average Bonchev–Trinajstić information content (AvgIpc) is 2.47. The number of amides is 1. The van der Waals surface area contributed by atoms with Crippen molar-refractivity contribution in [2.75, 3.05) is 43.0 Å². The van der Waals surface area contributed by atoms with Crippen LogP contribution in [-0.2, 0) is 4.79 Å². The number of halogens is 1. The van der Waals surface area contributed by atoms with Gasteiger partial charge in [-0.05, 0) is 13.0 Å². The van der Waals surface area contributed by atoms with E-state index in [1.165, 1.54) is 11.0 Å². The molecule has 1 aromatic carbocycles. The van der Waals surface area contributed by atoms with E-state index in [1.54, 1.807) is 14.0 Å². The Balaban J connectivity index is 2.00. The average molecular weight is 279 g/mol. The van der Waals surface area contributed by atoms with Crippen molar-refractivity contribution < 1.29 is 13.9 Å². The van der Waals surface area contributed by atoms with Gasteiger partial charge in [0.1, 0.15) is 0 Å². The Morgan fingerprint density at radius 1 is 1.35 bits per heavy atom. The highest BCUT2D eigenvalue weighted by molar-refractivity contribution is 5.99. The Hall–Kier alpha value is -1.82. The highest BCUT2D eigenvalue weighted by Gasteiger charge is 2.32. The Kier molecular flexibility index (Phi) is 3.25. The van der Waals surface area contributed by atoms with E-state index < -0.39 is 11.9 Å². The highest BCUT2D eigenvalue weighted by atomic mass is 19.1. The Morgan fingerprint density at radius 3 is 2.75 bits per heavy atom. The summed E-state index contributed by atoms with van der Waals surface area (Å²) in [5.41, 5.74) is 1.29. The van der Waals surface area contributed by atoms with Crippen LogP contribution in [0.15, 0.2) is 12.1 Å². The smallest absolute Gasteiger partial charge is 0.267 e. The number of rotatable bonds is 1. The third-order valence-electron chi connectivity index (χ3n) is 3.83. The fourth-order valence-electron chi connectivity index (χ4n) is 2.66. The van der Waals surface area contributed by atoms with Crippen LogP contribution in [-0.4, -0.2) is 45.2 Å². The van der Waals surface area contributed by atoms with Gasteiger partial charge < -0.3 is 19.9 Å². The maximum absolute atomic E-state index is 14.3. The van der Waals surface area contributed by atoms with Gasteiger partial charge in [-0.2, -0.15) is 0 Å². The molecule has 0 aliphatic carbocycles. The third kappa shape index (κ3) is 2.10. The molecule has 1 fully saturated rings. The van der Waals surface area contributed by atoms with Crippen LogP contribution < -0.4 is 19.9 Å². The minimum atomic E-state index is -0.646. The summed E-state index contributed by atoms with van der Waals surface area (Å²) in [5, 5.41) is 3.26. The van der Waals surface area contributed by atoms with Crippen molar-refractivity contribution in [3.63, 3.8) is 0 Å². The summed E-state index contributed by atoms with van der Waals surface area (Å²) < 4.78 is 19.6. The van der Waals surface area contributed by atoms with Gasteiger partial charge in [0.25, 0.3) is 5.91 Å². The number of nitrogens with one attached hydrogen (secondary N) is 1. The first-order valence-corrected chi connectivity index (χ1v) is 6.81. The lowest BCUT2D eigenvalue weighted by atomic mass is 10.1. The minimum Gasteiger partial charge on any atom is -0.476 e. The summed E-state index contributed by atoms with van der Waals surface area (Å²) in [6.07, 6.45) is -0.646. The first kappa shape index (κ1) is 13.2. The number of benzene rings is 1. The minimum absolute atomic E-state index is 0.158. The molecule has 2 aliphatic rings. The maximum atomic E-state index is 14.3. The summed E-state index contributed by atoms with van der Waals surface area (Å²) in [7, 11) is 1.65. The van der Waals surface area contributed by atoms with Crippen molar-refractivity contribution in [3.05, 3.63) is 17.9 Å². The number of hydrogen-bond acceptors (Lipinski definition) is 4. The fraction of sp³-hybridized carbons (Fsp3) is 0.500. The molecular weight excluding hydrogens is 261 g/mol. The zero-order valence-corrected chi connectivity index (χ0v) is 11.6. The lowest BCUT2D eigenvalue weighted by Gasteiger charge is -2.34. The molecule has 0 radical (unpaired) electrons. The molecule has 0 bridgehead atoms. The molecule has 1 unspecified atom stereocenters. The topological polar surface area (TPSA) is 44.8 Å². The molecule has 0 spiro atoms. The van der Waals surface area contributed by atoms with Crippen LogP contribution in [0.4, 0.5) is 15.8 Å². The van der Waals surface area contributed by atoms with E-state index in [9.17, 15) is 9.18 Å². The van der Waals surface area contributed by atoms with Gasteiger partial charge in [-0.1, -0.05) is 0 Å². The molecule has 2 heterocycles. The summed E-state index contributed by atoms with van der Waals surface area (Å²) in [5.74, 6) is -0.407. The van der Waals surface area contributed by atoms with E-state index in [0.29, 0.717) is 5.69 Å². The third-order valence-corrected chi connectivity index (χ3v) is 3.83. The SMILES string of the molecule is CC1Oc2c(F)cc(N3CCNCC3)cc2N(C)C1=O. The fourth-order valence-corrected chi connectivity index (χ4v) is 2.66. The van der Waals surface area contributed by atoms with Crippen molar-refractivity contribution >= 4 is 17.3 Å². The first-order valence-electron chi connectivity index (χ1n) is 6.81. The van der Waals surface area contributed by atoms with Crippen LogP contribution >= 0.6 is 0 Å². The number of carbonyl (C=O) groups is 1. The summed E-state index contributed by atoms with van der Waals surface area (Å²) in [4.78, 5) is 15.5. The van der Waals surface area contributed by atoms with Gasteiger partial charge in [-0.25, -0.2) is 4.39 Å². The standard InChI is InChI=1S/C14H18FN3O2/c1-9-14(19)17(2)12-8-10(7-11(15)13(12)20-9)18-5-3-16-4-6-18/h7-9,16H,3-6H2,1-2H3. The predicted molar refractivity (Wildman–Crippen MR) is 75.0 cm³/mol. The molecule has 2 aliphatic heterocycles. The van der Waals surface area contributed by atoms with Gasteiger partial charge in [-0.3, -0.25) is 4.79 Å². The number of hydrogen-bond donors (Lipinski definition) is 1. The lowest BCUT2D eigenvalue weighted by molar-refractivity contribution is -0.125. The van der Waals surface area contributed by atoms with Gasteiger partial charge in [0.2, 0.25) is 0 Å². The van der Waals surface area contributed by atoms with Crippen molar-refractivity contribution in [3.8, 4) is 5.75 Å². The zero-order valence-electron chi connectivity index (χ0n) is 11.6. The van der Waals surface area contributed by atoms with Crippen LogP contribution in [0, 0.1) is 5.82 Å². The lowest BCUT2D eigenvalue weighted by Crippen LogP contribution is -2.44. The van der Waals surface area contributed by atoms with Crippen molar-refractivity contribution in [2.45, 2.75) is 13.0 Å². The molecule has 1 atom stereocenters.